The molecule has 0 bridgehead atoms. The number of piperazine rings is 1. The standard InChI is InChI=1S/C21H18Cl2FN3O2/c1-25-6-8-26(9-7-25)19-18(13-2-4-16(24)5-3-13)20(28)27(21(19)29)17-11-14(22)10-15(23)12-17/h2-5,10-12H,6-9H2,1H3. The van der Waals surface area contributed by atoms with Crippen LogP contribution in [0.25, 0.3) is 5.57 Å². The van der Waals surface area contributed by atoms with E-state index in [9.17, 15) is 14.0 Å². The minimum Gasteiger partial charge on any atom is -0.364 e. The van der Waals surface area contributed by atoms with E-state index < -0.39 is 17.6 Å². The molecule has 2 heterocycles. The topological polar surface area (TPSA) is 43.9 Å². The minimum absolute atomic E-state index is 0.260. The van der Waals surface area contributed by atoms with E-state index in [1.807, 2.05) is 11.9 Å². The fourth-order valence-electron chi connectivity index (χ4n) is 3.62. The summed E-state index contributed by atoms with van der Waals surface area (Å²) in [5.74, 6) is -1.32. The number of carbonyl (C=O) groups is 2. The van der Waals surface area contributed by atoms with E-state index in [-0.39, 0.29) is 5.57 Å². The molecule has 29 heavy (non-hydrogen) atoms. The van der Waals surface area contributed by atoms with E-state index >= 15 is 0 Å². The Bertz CT molecular complexity index is 995. The first-order valence-corrected chi connectivity index (χ1v) is 9.89. The number of carbonyl (C=O) groups excluding carboxylic acids is 2. The number of rotatable bonds is 3. The van der Waals surface area contributed by atoms with Gasteiger partial charge in [0.2, 0.25) is 0 Å². The molecule has 0 spiro atoms. The van der Waals surface area contributed by atoms with E-state index in [1.165, 1.54) is 42.5 Å². The summed E-state index contributed by atoms with van der Waals surface area (Å²) in [6.07, 6.45) is 0. The van der Waals surface area contributed by atoms with E-state index in [0.717, 1.165) is 18.0 Å². The normalized spacial score (nSPS) is 18.2. The van der Waals surface area contributed by atoms with Crippen molar-refractivity contribution >= 4 is 46.3 Å². The molecular weight excluding hydrogens is 416 g/mol. The van der Waals surface area contributed by atoms with E-state index in [2.05, 4.69) is 4.90 Å². The van der Waals surface area contributed by atoms with Gasteiger partial charge < -0.3 is 9.80 Å². The molecule has 8 heteroatoms. The molecular formula is C21H18Cl2FN3O2. The predicted octanol–water partition coefficient (Wildman–Crippen LogP) is 3.66. The Morgan fingerprint density at radius 2 is 1.45 bits per heavy atom. The Morgan fingerprint density at radius 3 is 2.03 bits per heavy atom. The van der Waals surface area contributed by atoms with E-state index in [4.69, 9.17) is 23.2 Å². The van der Waals surface area contributed by atoms with Crippen LogP contribution in [0.15, 0.2) is 48.2 Å². The van der Waals surface area contributed by atoms with Crippen molar-refractivity contribution in [2.24, 2.45) is 0 Å². The zero-order valence-corrected chi connectivity index (χ0v) is 17.2. The van der Waals surface area contributed by atoms with Crippen LogP contribution >= 0.6 is 23.2 Å². The second-order valence-corrected chi connectivity index (χ2v) is 7.97. The first-order valence-electron chi connectivity index (χ1n) is 9.14. The molecule has 0 radical (unpaired) electrons. The van der Waals surface area contributed by atoms with Gasteiger partial charge in [-0.15, -0.1) is 0 Å². The molecule has 0 saturated carbocycles. The molecule has 2 aliphatic rings. The Balaban J connectivity index is 1.82. The Labute approximate surface area is 177 Å². The number of halogens is 3. The van der Waals surface area contributed by atoms with Crippen LogP contribution in [-0.4, -0.2) is 54.8 Å². The van der Waals surface area contributed by atoms with Gasteiger partial charge in [0.05, 0.1) is 11.3 Å². The van der Waals surface area contributed by atoms with Gasteiger partial charge in [0.1, 0.15) is 11.5 Å². The van der Waals surface area contributed by atoms with Crippen LogP contribution in [0.4, 0.5) is 10.1 Å². The van der Waals surface area contributed by atoms with Crippen LogP contribution in [0.3, 0.4) is 0 Å². The summed E-state index contributed by atoms with van der Waals surface area (Å²) in [6, 6.07) is 10.2. The number of hydrogen-bond donors (Lipinski definition) is 0. The number of benzene rings is 2. The van der Waals surface area contributed by atoms with Crippen molar-refractivity contribution in [3.63, 3.8) is 0 Å². The Morgan fingerprint density at radius 1 is 0.862 bits per heavy atom. The summed E-state index contributed by atoms with van der Waals surface area (Å²) in [4.78, 5) is 31.9. The van der Waals surface area contributed by atoms with Gasteiger partial charge in [-0.1, -0.05) is 35.3 Å². The molecule has 5 nitrogen and oxygen atoms in total. The molecule has 0 aromatic heterocycles. The van der Waals surface area contributed by atoms with Crippen molar-refractivity contribution < 1.29 is 14.0 Å². The first-order chi connectivity index (χ1) is 13.8. The molecule has 0 unspecified atom stereocenters. The third kappa shape index (κ3) is 3.75. The number of anilines is 1. The van der Waals surface area contributed by atoms with Crippen molar-refractivity contribution in [2.75, 3.05) is 38.1 Å². The summed E-state index contributed by atoms with van der Waals surface area (Å²) in [7, 11) is 2.01. The monoisotopic (exact) mass is 433 g/mol. The summed E-state index contributed by atoms with van der Waals surface area (Å²) in [5, 5.41) is 0.647. The zero-order chi connectivity index (χ0) is 20.7. The highest BCUT2D eigenvalue weighted by atomic mass is 35.5. The van der Waals surface area contributed by atoms with Gasteiger partial charge in [0, 0.05) is 36.2 Å². The molecule has 4 rings (SSSR count). The van der Waals surface area contributed by atoms with Crippen molar-refractivity contribution in [1.82, 2.24) is 9.80 Å². The second kappa shape index (κ2) is 7.78. The minimum atomic E-state index is -0.478. The number of likely N-dealkylation sites (N-methyl/N-ethyl adjacent to an activating group) is 1. The van der Waals surface area contributed by atoms with Gasteiger partial charge in [-0.25, -0.2) is 9.29 Å². The van der Waals surface area contributed by atoms with Gasteiger partial charge in [-0.05, 0) is 42.9 Å². The molecule has 2 aliphatic heterocycles. The van der Waals surface area contributed by atoms with Gasteiger partial charge in [0.25, 0.3) is 11.8 Å². The molecule has 2 amide bonds. The van der Waals surface area contributed by atoms with Crippen LogP contribution < -0.4 is 4.90 Å². The number of nitrogens with zero attached hydrogens (tertiary/aromatic N) is 3. The summed E-state index contributed by atoms with van der Waals surface area (Å²) >= 11 is 12.2. The quantitative estimate of drug-likeness (QED) is 0.692. The number of amides is 2. The van der Waals surface area contributed by atoms with Gasteiger partial charge >= 0.3 is 0 Å². The van der Waals surface area contributed by atoms with Gasteiger partial charge in [0.15, 0.2) is 0 Å². The molecule has 1 fully saturated rings. The fraction of sp³-hybridized carbons (Fsp3) is 0.238. The Hall–Kier alpha value is -2.41. The molecule has 0 aliphatic carbocycles. The molecule has 2 aromatic rings. The highest BCUT2D eigenvalue weighted by molar-refractivity contribution is 6.46. The third-order valence-electron chi connectivity index (χ3n) is 5.12. The van der Waals surface area contributed by atoms with Crippen LogP contribution in [0, 0.1) is 5.82 Å². The largest absolute Gasteiger partial charge is 0.364 e. The van der Waals surface area contributed by atoms with Crippen LogP contribution in [0.1, 0.15) is 5.56 Å². The molecule has 1 saturated heterocycles. The average molecular weight is 434 g/mol. The maximum absolute atomic E-state index is 13.4. The maximum atomic E-state index is 13.4. The first kappa shape index (κ1) is 19.9. The van der Waals surface area contributed by atoms with Crippen molar-refractivity contribution in [2.45, 2.75) is 0 Å². The average Bonchev–Trinajstić information content (AvgIpc) is 2.93. The molecule has 0 N–H and O–H groups in total. The van der Waals surface area contributed by atoms with E-state index in [1.54, 1.807) is 0 Å². The lowest BCUT2D eigenvalue weighted by Gasteiger charge is -2.34. The van der Waals surface area contributed by atoms with Crippen LogP contribution in [0.2, 0.25) is 10.0 Å². The van der Waals surface area contributed by atoms with Crippen molar-refractivity contribution in [1.29, 1.82) is 0 Å². The highest BCUT2D eigenvalue weighted by Gasteiger charge is 2.43. The predicted molar refractivity (Wildman–Crippen MR) is 111 cm³/mol. The summed E-state index contributed by atoms with van der Waals surface area (Å²) in [5.41, 5.74) is 1.39. The summed E-state index contributed by atoms with van der Waals surface area (Å²) < 4.78 is 13.4. The maximum Gasteiger partial charge on any atom is 0.282 e. The van der Waals surface area contributed by atoms with Crippen LogP contribution in [0.5, 0.6) is 0 Å². The smallest absolute Gasteiger partial charge is 0.282 e. The van der Waals surface area contributed by atoms with Crippen LogP contribution in [-0.2, 0) is 9.59 Å². The summed E-state index contributed by atoms with van der Waals surface area (Å²) in [6.45, 7) is 2.76. The van der Waals surface area contributed by atoms with Crippen molar-refractivity contribution in [3.05, 3.63) is 69.6 Å². The molecule has 150 valence electrons. The highest BCUT2D eigenvalue weighted by Crippen LogP contribution is 2.37. The van der Waals surface area contributed by atoms with Gasteiger partial charge in [-0.3, -0.25) is 9.59 Å². The second-order valence-electron chi connectivity index (χ2n) is 7.09. The fourth-order valence-corrected chi connectivity index (χ4v) is 4.14. The SMILES string of the molecule is CN1CCN(C2=C(c3ccc(F)cc3)C(=O)N(c3cc(Cl)cc(Cl)c3)C2=O)CC1. The third-order valence-corrected chi connectivity index (χ3v) is 5.55. The Kier molecular flexibility index (Phi) is 5.34. The van der Waals surface area contributed by atoms with Crippen molar-refractivity contribution in [3.8, 4) is 0 Å². The lowest BCUT2D eigenvalue weighted by atomic mass is 10.0. The number of imide groups is 1. The number of hydrogen-bond acceptors (Lipinski definition) is 4. The lowest BCUT2D eigenvalue weighted by molar-refractivity contribution is -0.120. The zero-order valence-electron chi connectivity index (χ0n) is 15.7. The van der Waals surface area contributed by atoms with Gasteiger partial charge in [-0.2, -0.15) is 0 Å². The van der Waals surface area contributed by atoms with E-state index in [0.29, 0.717) is 40.1 Å². The lowest BCUT2D eigenvalue weighted by Crippen LogP contribution is -2.46. The molecule has 0 atom stereocenters. The molecule has 2 aromatic carbocycles.